The molecule has 0 aliphatic heterocycles. The normalized spacial score (nSPS) is 14.0. The maximum Gasteiger partial charge on any atom is 0.0469 e. The first-order chi connectivity index (χ1) is 9.29. The second-order valence-electron chi connectivity index (χ2n) is 7.45. The number of benzene rings is 1. The van der Waals surface area contributed by atoms with Gasteiger partial charge in [-0.1, -0.05) is 65.0 Å². The Kier molecular flexibility index (Phi) is 6.70. The van der Waals surface area contributed by atoms with Crippen LogP contribution < -0.4 is 5.32 Å². The number of hydrogen-bond acceptors (Lipinski definition) is 2. The van der Waals surface area contributed by atoms with Gasteiger partial charge < -0.3 is 5.32 Å². The Morgan fingerprint density at radius 3 is 2.15 bits per heavy atom. The molecule has 2 heteroatoms. The number of nitrogens with zero attached hydrogens (tertiary/aromatic N) is 1. The standard InChI is InChI=1S/C18H32N2/c1-15(2)12-19-13-17(16-10-8-7-9-11-16)20(6)14-18(3,4)5/h7-11,15,17,19H,12-14H2,1-6H3. The van der Waals surface area contributed by atoms with Gasteiger partial charge in [0.25, 0.3) is 0 Å². The van der Waals surface area contributed by atoms with E-state index in [1.165, 1.54) is 5.56 Å². The van der Waals surface area contributed by atoms with Gasteiger partial charge in [-0.05, 0) is 30.5 Å². The minimum Gasteiger partial charge on any atom is -0.315 e. The molecule has 2 nitrogen and oxygen atoms in total. The molecule has 1 unspecified atom stereocenters. The lowest BCUT2D eigenvalue weighted by Crippen LogP contribution is -2.38. The van der Waals surface area contributed by atoms with Crippen molar-refractivity contribution in [2.24, 2.45) is 11.3 Å². The number of nitrogens with one attached hydrogen (secondary N) is 1. The third kappa shape index (κ3) is 6.53. The molecule has 0 saturated carbocycles. The van der Waals surface area contributed by atoms with Gasteiger partial charge in [0.1, 0.15) is 0 Å². The van der Waals surface area contributed by atoms with Crippen molar-refractivity contribution >= 4 is 0 Å². The van der Waals surface area contributed by atoms with Crippen molar-refractivity contribution in [3.05, 3.63) is 35.9 Å². The smallest absolute Gasteiger partial charge is 0.0469 e. The first kappa shape index (κ1) is 17.2. The summed E-state index contributed by atoms with van der Waals surface area (Å²) in [7, 11) is 2.24. The van der Waals surface area contributed by atoms with Gasteiger partial charge in [0.05, 0.1) is 0 Å². The molecule has 0 bridgehead atoms. The average Bonchev–Trinajstić information content (AvgIpc) is 2.33. The molecular formula is C18H32N2. The van der Waals surface area contributed by atoms with Crippen LogP contribution in [0.3, 0.4) is 0 Å². The molecule has 0 radical (unpaired) electrons. The second-order valence-corrected chi connectivity index (χ2v) is 7.45. The largest absolute Gasteiger partial charge is 0.315 e. The molecule has 1 aromatic rings. The summed E-state index contributed by atoms with van der Waals surface area (Å²) in [5.74, 6) is 0.694. The average molecular weight is 276 g/mol. The van der Waals surface area contributed by atoms with Crippen molar-refractivity contribution in [1.82, 2.24) is 10.2 Å². The molecule has 1 aromatic carbocycles. The summed E-state index contributed by atoms with van der Waals surface area (Å²) in [4.78, 5) is 2.47. The first-order valence-corrected chi connectivity index (χ1v) is 7.75. The van der Waals surface area contributed by atoms with Crippen LogP contribution in [0.2, 0.25) is 0 Å². The van der Waals surface area contributed by atoms with Crippen LogP contribution in [-0.4, -0.2) is 31.6 Å². The molecule has 0 aliphatic rings. The highest BCUT2D eigenvalue weighted by atomic mass is 15.2. The van der Waals surface area contributed by atoms with Crippen LogP contribution in [0.15, 0.2) is 30.3 Å². The van der Waals surface area contributed by atoms with Gasteiger partial charge in [0, 0.05) is 19.1 Å². The zero-order valence-corrected chi connectivity index (χ0v) is 14.1. The van der Waals surface area contributed by atoms with E-state index >= 15 is 0 Å². The van der Waals surface area contributed by atoms with Gasteiger partial charge in [-0.3, -0.25) is 4.90 Å². The molecule has 0 heterocycles. The third-order valence-corrected chi connectivity index (χ3v) is 3.33. The Morgan fingerprint density at radius 1 is 1.05 bits per heavy atom. The molecule has 0 spiro atoms. The van der Waals surface area contributed by atoms with Gasteiger partial charge in [-0.2, -0.15) is 0 Å². The molecule has 114 valence electrons. The lowest BCUT2D eigenvalue weighted by molar-refractivity contribution is 0.168. The molecule has 20 heavy (non-hydrogen) atoms. The summed E-state index contributed by atoms with van der Waals surface area (Å²) >= 11 is 0. The van der Waals surface area contributed by atoms with E-state index in [0.717, 1.165) is 19.6 Å². The minimum absolute atomic E-state index is 0.319. The number of rotatable bonds is 7. The van der Waals surface area contributed by atoms with E-state index < -0.39 is 0 Å². The van der Waals surface area contributed by atoms with Crippen molar-refractivity contribution in [2.45, 2.75) is 40.7 Å². The van der Waals surface area contributed by atoms with Crippen LogP contribution in [0.25, 0.3) is 0 Å². The molecule has 0 saturated heterocycles. The minimum atomic E-state index is 0.319. The van der Waals surface area contributed by atoms with Crippen LogP contribution in [0.4, 0.5) is 0 Å². The van der Waals surface area contributed by atoms with E-state index in [2.05, 4.69) is 82.2 Å². The number of hydrogen-bond donors (Lipinski definition) is 1. The summed E-state index contributed by atoms with van der Waals surface area (Å²) in [6.07, 6.45) is 0. The van der Waals surface area contributed by atoms with Crippen molar-refractivity contribution in [1.29, 1.82) is 0 Å². The third-order valence-electron chi connectivity index (χ3n) is 3.33. The van der Waals surface area contributed by atoms with Crippen LogP contribution in [0, 0.1) is 11.3 Å². The predicted octanol–water partition coefficient (Wildman–Crippen LogP) is 3.95. The highest BCUT2D eigenvalue weighted by molar-refractivity contribution is 5.19. The predicted molar refractivity (Wildman–Crippen MR) is 89.0 cm³/mol. The van der Waals surface area contributed by atoms with Crippen LogP contribution >= 0.6 is 0 Å². The fourth-order valence-electron chi connectivity index (χ4n) is 2.57. The maximum absolute atomic E-state index is 3.61. The van der Waals surface area contributed by atoms with Gasteiger partial charge in [-0.25, -0.2) is 0 Å². The summed E-state index contributed by atoms with van der Waals surface area (Å²) in [5, 5.41) is 3.61. The molecule has 1 atom stereocenters. The summed E-state index contributed by atoms with van der Waals surface area (Å²) in [6.45, 7) is 14.6. The summed E-state index contributed by atoms with van der Waals surface area (Å²) in [6, 6.07) is 11.3. The van der Waals surface area contributed by atoms with Crippen LogP contribution in [0.5, 0.6) is 0 Å². The highest BCUT2D eigenvalue weighted by Crippen LogP contribution is 2.23. The van der Waals surface area contributed by atoms with Gasteiger partial charge >= 0.3 is 0 Å². The Balaban J connectivity index is 2.74. The van der Waals surface area contributed by atoms with Crippen molar-refractivity contribution < 1.29 is 0 Å². The SMILES string of the molecule is CC(C)CNCC(c1ccccc1)N(C)CC(C)(C)C. The lowest BCUT2D eigenvalue weighted by Gasteiger charge is -2.34. The van der Waals surface area contributed by atoms with E-state index in [1.54, 1.807) is 0 Å². The molecule has 0 aromatic heterocycles. The first-order valence-electron chi connectivity index (χ1n) is 7.75. The second kappa shape index (κ2) is 7.80. The summed E-state index contributed by atoms with van der Waals surface area (Å²) in [5.41, 5.74) is 1.72. The van der Waals surface area contributed by atoms with Crippen molar-refractivity contribution in [3.8, 4) is 0 Å². The lowest BCUT2D eigenvalue weighted by atomic mass is 9.94. The van der Waals surface area contributed by atoms with E-state index in [0.29, 0.717) is 17.4 Å². The van der Waals surface area contributed by atoms with Gasteiger partial charge in [-0.15, -0.1) is 0 Å². The Hall–Kier alpha value is -0.860. The Morgan fingerprint density at radius 2 is 1.65 bits per heavy atom. The summed E-state index contributed by atoms with van der Waals surface area (Å²) < 4.78 is 0. The molecule has 1 N–H and O–H groups in total. The van der Waals surface area contributed by atoms with E-state index in [9.17, 15) is 0 Å². The van der Waals surface area contributed by atoms with Crippen LogP contribution in [-0.2, 0) is 0 Å². The maximum atomic E-state index is 3.61. The van der Waals surface area contributed by atoms with Crippen LogP contribution in [0.1, 0.15) is 46.2 Å². The fraction of sp³-hybridized carbons (Fsp3) is 0.667. The monoisotopic (exact) mass is 276 g/mol. The highest BCUT2D eigenvalue weighted by Gasteiger charge is 2.21. The number of likely N-dealkylation sites (N-methyl/N-ethyl adjacent to an activating group) is 1. The molecule has 0 aliphatic carbocycles. The van der Waals surface area contributed by atoms with Gasteiger partial charge in [0.15, 0.2) is 0 Å². The zero-order valence-electron chi connectivity index (χ0n) is 14.1. The van der Waals surface area contributed by atoms with E-state index in [1.807, 2.05) is 0 Å². The molecule has 0 amide bonds. The quantitative estimate of drug-likeness (QED) is 0.811. The molecule has 0 fully saturated rings. The topological polar surface area (TPSA) is 15.3 Å². The Bertz CT molecular complexity index is 365. The van der Waals surface area contributed by atoms with E-state index in [-0.39, 0.29) is 0 Å². The fourth-order valence-corrected chi connectivity index (χ4v) is 2.57. The Labute approximate surface area is 125 Å². The van der Waals surface area contributed by atoms with Crippen molar-refractivity contribution in [2.75, 3.05) is 26.7 Å². The molecule has 1 rings (SSSR count). The van der Waals surface area contributed by atoms with Gasteiger partial charge in [0.2, 0.25) is 0 Å². The zero-order chi connectivity index (χ0) is 15.2. The molecular weight excluding hydrogens is 244 g/mol. The van der Waals surface area contributed by atoms with E-state index in [4.69, 9.17) is 0 Å². The van der Waals surface area contributed by atoms with Crippen molar-refractivity contribution in [3.63, 3.8) is 0 Å².